The molecule has 0 bridgehead atoms. The Morgan fingerprint density at radius 3 is 2.35 bits per heavy atom. The molecule has 0 atom stereocenters. The van der Waals surface area contributed by atoms with Gasteiger partial charge in [-0.05, 0) is 36.4 Å². The normalized spacial score (nSPS) is 10.4. The lowest BCUT2D eigenvalue weighted by Crippen LogP contribution is -2.09. The fourth-order valence-electron chi connectivity index (χ4n) is 2.12. The zero-order valence-corrected chi connectivity index (χ0v) is 12.3. The molecule has 5 nitrogen and oxygen atoms in total. The van der Waals surface area contributed by atoms with Gasteiger partial charge in [0.25, 0.3) is 0 Å². The van der Waals surface area contributed by atoms with Crippen LogP contribution < -0.4 is 9.47 Å². The first-order valence-corrected chi connectivity index (χ1v) is 7.13. The standard InChI is InChI=1S/C18H15NO4/c20-18(21)12-23-16-9-7-15(8-10-16)22-11-14-6-5-13-3-1-2-4-17(13)19-14/h1-10H,11-12H2,(H,20,21). The van der Waals surface area contributed by atoms with Gasteiger partial charge in [-0.2, -0.15) is 0 Å². The third kappa shape index (κ3) is 3.97. The van der Waals surface area contributed by atoms with E-state index in [9.17, 15) is 4.79 Å². The number of para-hydroxylation sites is 1. The first-order valence-electron chi connectivity index (χ1n) is 7.13. The molecule has 0 fully saturated rings. The van der Waals surface area contributed by atoms with Gasteiger partial charge in [-0.1, -0.05) is 24.3 Å². The summed E-state index contributed by atoms with van der Waals surface area (Å²) in [6, 6.07) is 18.7. The van der Waals surface area contributed by atoms with Gasteiger partial charge in [-0.3, -0.25) is 0 Å². The number of nitrogens with zero attached hydrogens (tertiary/aromatic N) is 1. The zero-order chi connectivity index (χ0) is 16.1. The molecule has 1 aromatic heterocycles. The SMILES string of the molecule is O=C(O)COc1ccc(OCc2ccc3ccccc3n2)cc1. The lowest BCUT2D eigenvalue weighted by molar-refractivity contribution is -0.139. The van der Waals surface area contributed by atoms with Crippen molar-refractivity contribution in [2.45, 2.75) is 6.61 Å². The summed E-state index contributed by atoms with van der Waals surface area (Å²) in [5.41, 5.74) is 1.78. The van der Waals surface area contributed by atoms with Crippen molar-refractivity contribution in [3.05, 3.63) is 66.4 Å². The first kappa shape index (κ1) is 14.8. The highest BCUT2D eigenvalue weighted by Crippen LogP contribution is 2.19. The number of carbonyl (C=O) groups is 1. The number of ether oxygens (including phenoxy) is 2. The fraction of sp³-hybridized carbons (Fsp3) is 0.111. The summed E-state index contributed by atoms with van der Waals surface area (Å²) in [5.74, 6) is 0.152. The molecule has 0 aliphatic rings. The van der Waals surface area contributed by atoms with Crippen LogP contribution in [-0.2, 0) is 11.4 Å². The molecule has 0 saturated heterocycles. The number of hydrogen-bond donors (Lipinski definition) is 1. The second kappa shape index (κ2) is 6.79. The minimum absolute atomic E-state index is 0.360. The number of carboxylic acid groups (broad SMARTS) is 1. The smallest absolute Gasteiger partial charge is 0.341 e. The van der Waals surface area contributed by atoms with Crippen LogP contribution in [0.25, 0.3) is 10.9 Å². The Bertz CT molecular complexity index is 815. The predicted octanol–water partition coefficient (Wildman–Crippen LogP) is 3.28. The molecule has 0 spiro atoms. The molecule has 0 saturated carbocycles. The number of hydrogen-bond acceptors (Lipinski definition) is 4. The van der Waals surface area contributed by atoms with Crippen molar-refractivity contribution in [1.29, 1.82) is 0 Å². The molecule has 3 aromatic rings. The van der Waals surface area contributed by atoms with Gasteiger partial charge in [0, 0.05) is 5.39 Å². The molecular weight excluding hydrogens is 294 g/mol. The first-order chi connectivity index (χ1) is 11.2. The highest BCUT2D eigenvalue weighted by Gasteiger charge is 2.02. The van der Waals surface area contributed by atoms with Crippen LogP contribution in [0.3, 0.4) is 0 Å². The Morgan fingerprint density at radius 1 is 0.913 bits per heavy atom. The van der Waals surface area contributed by atoms with E-state index in [4.69, 9.17) is 14.6 Å². The fourth-order valence-corrected chi connectivity index (χ4v) is 2.12. The largest absolute Gasteiger partial charge is 0.487 e. The maximum absolute atomic E-state index is 10.4. The quantitative estimate of drug-likeness (QED) is 0.757. The van der Waals surface area contributed by atoms with Crippen LogP contribution in [0, 0.1) is 0 Å². The average Bonchev–Trinajstić information content (AvgIpc) is 2.59. The lowest BCUT2D eigenvalue weighted by atomic mass is 10.2. The molecule has 3 rings (SSSR count). The molecule has 0 radical (unpaired) electrons. The number of rotatable bonds is 6. The summed E-state index contributed by atoms with van der Waals surface area (Å²) >= 11 is 0. The molecule has 1 heterocycles. The predicted molar refractivity (Wildman–Crippen MR) is 85.6 cm³/mol. The number of aliphatic carboxylic acids is 1. The van der Waals surface area contributed by atoms with E-state index in [1.165, 1.54) is 0 Å². The van der Waals surface area contributed by atoms with E-state index in [1.54, 1.807) is 24.3 Å². The third-order valence-corrected chi connectivity index (χ3v) is 3.23. The molecule has 0 amide bonds. The van der Waals surface area contributed by atoms with E-state index < -0.39 is 5.97 Å². The summed E-state index contributed by atoms with van der Waals surface area (Å²) in [7, 11) is 0. The van der Waals surface area contributed by atoms with Crippen molar-refractivity contribution in [2.24, 2.45) is 0 Å². The summed E-state index contributed by atoms with van der Waals surface area (Å²) in [6.45, 7) is 0.00137. The van der Waals surface area contributed by atoms with Crippen molar-refractivity contribution in [1.82, 2.24) is 4.98 Å². The summed E-state index contributed by atoms with van der Waals surface area (Å²) in [6.07, 6.45) is 0. The van der Waals surface area contributed by atoms with Gasteiger partial charge in [0.05, 0.1) is 11.2 Å². The van der Waals surface area contributed by atoms with Gasteiger partial charge in [0.15, 0.2) is 6.61 Å². The lowest BCUT2D eigenvalue weighted by Gasteiger charge is -2.08. The van der Waals surface area contributed by atoms with Gasteiger partial charge in [-0.15, -0.1) is 0 Å². The number of fused-ring (bicyclic) bond motifs is 1. The van der Waals surface area contributed by atoms with E-state index in [0.29, 0.717) is 18.1 Å². The maximum Gasteiger partial charge on any atom is 0.341 e. The molecule has 5 heteroatoms. The second-order valence-electron chi connectivity index (χ2n) is 4.94. The van der Waals surface area contributed by atoms with Crippen molar-refractivity contribution in [3.63, 3.8) is 0 Å². The molecule has 2 aromatic carbocycles. The van der Waals surface area contributed by atoms with Gasteiger partial charge in [0.1, 0.15) is 18.1 Å². The topological polar surface area (TPSA) is 68.7 Å². The van der Waals surface area contributed by atoms with Crippen LogP contribution in [0.1, 0.15) is 5.69 Å². The zero-order valence-electron chi connectivity index (χ0n) is 12.3. The summed E-state index contributed by atoms with van der Waals surface area (Å²) in [5, 5.41) is 9.65. The van der Waals surface area contributed by atoms with Crippen molar-refractivity contribution >= 4 is 16.9 Å². The highest BCUT2D eigenvalue weighted by molar-refractivity contribution is 5.78. The van der Waals surface area contributed by atoms with Crippen LogP contribution in [0.2, 0.25) is 0 Å². The van der Waals surface area contributed by atoms with Gasteiger partial charge in [0.2, 0.25) is 0 Å². The van der Waals surface area contributed by atoms with Crippen LogP contribution in [0.15, 0.2) is 60.7 Å². The molecule has 1 N–H and O–H groups in total. The second-order valence-corrected chi connectivity index (χ2v) is 4.94. The minimum Gasteiger partial charge on any atom is -0.487 e. The molecule has 0 aliphatic carbocycles. The van der Waals surface area contributed by atoms with E-state index in [2.05, 4.69) is 4.98 Å². The highest BCUT2D eigenvalue weighted by atomic mass is 16.5. The van der Waals surface area contributed by atoms with Gasteiger partial charge < -0.3 is 14.6 Å². The minimum atomic E-state index is -1.01. The summed E-state index contributed by atoms with van der Waals surface area (Å²) < 4.78 is 10.8. The monoisotopic (exact) mass is 309 g/mol. The maximum atomic E-state index is 10.4. The van der Waals surface area contributed by atoms with Crippen molar-refractivity contribution < 1.29 is 19.4 Å². The third-order valence-electron chi connectivity index (χ3n) is 3.23. The van der Waals surface area contributed by atoms with Crippen molar-refractivity contribution in [3.8, 4) is 11.5 Å². The summed E-state index contributed by atoms with van der Waals surface area (Å²) in [4.78, 5) is 15.0. The molecule has 0 unspecified atom stereocenters. The van der Waals surface area contributed by atoms with E-state index in [0.717, 1.165) is 16.6 Å². The van der Waals surface area contributed by atoms with E-state index >= 15 is 0 Å². The van der Waals surface area contributed by atoms with Gasteiger partial charge >= 0.3 is 5.97 Å². The van der Waals surface area contributed by atoms with Crippen LogP contribution in [-0.4, -0.2) is 22.7 Å². The molecule has 0 aliphatic heterocycles. The molecule has 23 heavy (non-hydrogen) atoms. The van der Waals surface area contributed by atoms with Crippen LogP contribution in [0.4, 0.5) is 0 Å². The Morgan fingerprint density at radius 2 is 1.61 bits per heavy atom. The Labute approximate surface area is 133 Å². The van der Waals surface area contributed by atoms with Gasteiger partial charge in [-0.25, -0.2) is 9.78 Å². The van der Waals surface area contributed by atoms with Crippen molar-refractivity contribution in [2.75, 3.05) is 6.61 Å². The molecule has 116 valence electrons. The number of carboxylic acids is 1. The molecular formula is C18H15NO4. The Balaban J connectivity index is 1.61. The number of benzene rings is 2. The Hall–Kier alpha value is -3.08. The number of pyridine rings is 1. The van der Waals surface area contributed by atoms with E-state index in [1.807, 2.05) is 36.4 Å². The van der Waals surface area contributed by atoms with Crippen LogP contribution in [0.5, 0.6) is 11.5 Å². The van der Waals surface area contributed by atoms with E-state index in [-0.39, 0.29) is 6.61 Å². The van der Waals surface area contributed by atoms with Crippen LogP contribution >= 0.6 is 0 Å². The Kier molecular flexibility index (Phi) is 4.38. The number of aromatic nitrogens is 1. The average molecular weight is 309 g/mol.